The molecule has 0 amide bonds. The van der Waals surface area contributed by atoms with E-state index >= 15 is 0 Å². The lowest BCUT2D eigenvalue weighted by Crippen LogP contribution is -2.15. The van der Waals surface area contributed by atoms with E-state index in [1.54, 1.807) is 26.0 Å². The van der Waals surface area contributed by atoms with E-state index in [9.17, 15) is 12.8 Å². The molecule has 0 saturated carbocycles. The van der Waals surface area contributed by atoms with Crippen LogP contribution in [0, 0.1) is 31.0 Å². The fourth-order valence-corrected chi connectivity index (χ4v) is 3.20. The molecule has 4 nitrogen and oxygen atoms in total. The van der Waals surface area contributed by atoms with Crippen LogP contribution in [0.1, 0.15) is 16.7 Å². The van der Waals surface area contributed by atoms with Gasteiger partial charge in [-0.2, -0.15) is 5.26 Å². The summed E-state index contributed by atoms with van der Waals surface area (Å²) in [5.41, 5.74) is 1.28. The second kappa shape index (κ2) is 5.54. The molecule has 0 bridgehead atoms. The van der Waals surface area contributed by atoms with Gasteiger partial charge >= 0.3 is 0 Å². The first-order valence-corrected chi connectivity index (χ1v) is 7.61. The highest BCUT2D eigenvalue weighted by Gasteiger charge is 2.19. The molecular weight excluding hydrogens is 291 g/mol. The van der Waals surface area contributed by atoms with Crippen molar-refractivity contribution in [3.63, 3.8) is 0 Å². The summed E-state index contributed by atoms with van der Waals surface area (Å²) in [5.74, 6) is -0.646. The Balaban J connectivity index is 2.46. The molecule has 0 aromatic heterocycles. The quantitative estimate of drug-likeness (QED) is 0.947. The standard InChI is InChI=1S/C15H13FN2O2S/c1-10-3-6-14(13(16)7-10)18-21(19,20)15-8-12(9-17)5-4-11(15)2/h3-8,18H,1-2H3. The van der Waals surface area contributed by atoms with Crippen molar-refractivity contribution in [2.75, 3.05) is 4.72 Å². The maximum Gasteiger partial charge on any atom is 0.262 e. The number of benzene rings is 2. The molecular formula is C15H13FN2O2S. The number of aryl methyl sites for hydroxylation is 2. The number of nitrogens with zero attached hydrogens (tertiary/aromatic N) is 1. The molecule has 0 aliphatic carbocycles. The van der Waals surface area contributed by atoms with Gasteiger partial charge in [0.05, 0.1) is 22.2 Å². The van der Waals surface area contributed by atoms with Crippen LogP contribution < -0.4 is 4.72 Å². The molecule has 0 aliphatic rings. The maximum absolute atomic E-state index is 13.8. The van der Waals surface area contributed by atoms with Crippen molar-refractivity contribution >= 4 is 15.7 Å². The van der Waals surface area contributed by atoms with Crippen molar-refractivity contribution in [2.24, 2.45) is 0 Å². The topological polar surface area (TPSA) is 70.0 Å². The highest BCUT2D eigenvalue weighted by Crippen LogP contribution is 2.23. The van der Waals surface area contributed by atoms with E-state index in [0.29, 0.717) is 11.1 Å². The van der Waals surface area contributed by atoms with Crippen molar-refractivity contribution in [3.05, 3.63) is 58.9 Å². The Hall–Kier alpha value is -2.39. The Bertz CT molecular complexity index is 839. The monoisotopic (exact) mass is 304 g/mol. The molecule has 1 N–H and O–H groups in total. The van der Waals surface area contributed by atoms with Crippen LogP contribution in [-0.4, -0.2) is 8.42 Å². The number of rotatable bonds is 3. The van der Waals surface area contributed by atoms with Gasteiger partial charge in [0.1, 0.15) is 5.82 Å². The lowest BCUT2D eigenvalue weighted by Gasteiger charge is -2.11. The van der Waals surface area contributed by atoms with Gasteiger partial charge in [0.25, 0.3) is 10.0 Å². The SMILES string of the molecule is Cc1ccc(NS(=O)(=O)c2cc(C#N)ccc2C)c(F)c1. The summed E-state index contributed by atoms with van der Waals surface area (Å²) in [5, 5.41) is 8.86. The zero-order valence-corrected chi connectivity index (χ0v) is 12.3. The molecule has 0 aliphatic heterocycles. The van der Waals surface area contributed by atoms with Crippen LogP contribution in [0.3, 0.4) is 0 Å². The van der Waals surface area contributed by atoms with Crippen molar-refractivity contribution in [2.45, 2.75) is 18.7 Å². The van der Waals surface area contributed by atoms with Crippen molar-refractivity contribution in [1.82, 2.24) is 0 Å². The van der Waals surface area contributed by atoms with Crippen molar-refractivity contribution in [3.8, 4) is 6.07 Å². The first kappa shape index (κ1) is 15.0. The molecule has 0 heterocycles. The van der Waals surface area contributed by atoms with Crippen LogP contribution in [0.5, 0.6) is 0 Å². The van der Waals surface area contributed by atoms with Crippen LogP contribution in [0.25, 0.3) is 0 Å². The number of hydrogen-bond acceptors (Lipinski definition) is 3. The normalized spacial score (nSPS) is 11.0. The Morgan fingerprint density at radius 1 is 1.14 bits per heavy atom. The highest BCUT2D eigenvalue weighted by molar-refractivity contribution is 7.92. The molecule has 108 valence electrons. The second-order valence-electron chi connectivity index (χ2n) is 4.68. The Morgan fingerprint density at radius 3 is 2.48 bits per heavy atom. The lowest BCUT2D eigenvalue weighted by atomic mass is 10.2. The van der Waals surface area contributed by atoms with Gasteiger partial charge in [-0.1, -0.05) is 12.1 Å². The largest absolute Gasteiger partial charge is 0.277 e. The second-order valence-corrected chi connectivity index (χ2v) is 6.33. The summed E-state index contributed by atoms with van der Waals surface area (Å²) in [7, 11) is -3.95. The first-order chi connectivity index (χ1) is 9.83. The third-order valence-electron chi connectivity index (χ3n) is 2.98. The molecule has 0 unspecified atom stereocenters. The number of hydrogen-bond donors (Lipinski definition) is 1. The van der Waals surface area contributed by atoms with Gasteiger partial charge in [-0.3, -0.25) is 4.72 Å². The van der Waals surface area contributed by atoms with Gasteiger partial charge in [0, 0.05) is 0 Å². The van der Waals surface area contributed by atoms with Gasteiger partial charge in [0.15, 0.2) is 0 Å². The summed E-state index contributed by atoms with van der Waals surface area (Å²) in [4.78, 5) is -0.0403. The van der Waals surface area contributed by atoms with E-state index < -0.39 is 15.8 Å². The van der Waals surface area contributed by atoms with Gasteiger partial charge in [-0.15, -0.1) is 0 Å². The molecule has 0 saturated heterocycles. The third-order valence-corrected chi connectivity index (χ3v) is 4.48. The highest BCUT2D eigenvalue weighted by atomic mass is 32.2. The summed E-state index contributed by atoms with van der Waals surface area (Å²) < 4.78 is 40.7. The van der Waals surface area contributed by atoms with Gasteiger partial charge in [-0.05, 0) is 49.2 Å². The number of halogens is 1. The molecule has 0 radical (unpaired) electrons. The predicted molar refractivity (Wildman–Crippen MR) is 77.8 cm³/mol. The van der Waals surface area contributed by atoms with E-state index in [4.69, 9.17) is 5.26 Å². The minimum absolute atomic E-state index is 0.0403. The molecule has 2 aromatic carbocycles. The zero-order valence-electron chi connectivity index (χ0n) is 11.5. The van der Waals surface area contributed by atoms with Crippen LogP contribution in [0.4, 0.5) is 10.1 Å². The molecule has 0 spiro atoms. The van der Waals surface area contributed by atoms with Crippen LogP contribution in [0.15, 0.2) is 41.3 Å². The smallest absolute Gasteiger partial charge is 0.262 e. The van der Waals surface area contributed by atoms with Gasteiger partial charge in [-0.25, -0.2) is 12.8 Å². The first-order valence-electron chi connectivity index (χ1n) is 6.13. The van der Waals surface area contributed by atoms with Crippen LogP contribution >= 0.6 is 0 Å². The lowest BCUT2D eigenvalue weighted by molar-refractivity contribution is 0.598. The van der Waals surface area contributed by atoms with E-state index in [1.807, 2.05) is 6.07 Å². The molecule has 2 aromatic rings. The fraction of sp³-hybridized carbons (Fsp3) is 0.133. The number of sulfonamides is 1. The average molecular weight is 304 g/mol. The number of nitriles is 1. The summed E-state index contributed by atoms with van der Waals surface area (Å²) in [6.45, 7) is 3.32. The minimum Gasteiger partial charge on any atom is -0.277 e. The van der Waals surface area contributed by atoms with Crippen molar-refractivity contribution < 1.29 is 12.8 Å². The summed E-state index contributed by atoms with van der Waals surface area (Å²) >= 11 is 0. The van der Waals surface area contributed by atoms with E-state index in [2.05, 4.69) is 4.72 Å². The Labute approximate surface area is 122 Å². The van der Waals surface area contributed by atoms with Gasteiger partial charge < -0.3 is 0 Å². The third kappa shape index (κ3) is 3.20. The molecule has 6 heteroatoms. The minimum atomic E-state index is -3.95. The summed E-state index contributed by atoms with van der Waals surface area (Å²) in [6.07, 6.45) is 0. The van der Waals surface area contributed by atoms with E-state index in [1.165, 1.54) is 24.3 Å². The zero-order chi connectivity index (χ0) is 15.6. The maximum atomic E-state index is 13.8. The Kier molecular flexibility index (Phi) is 3.96. The molecule has 2 rings (SSSR count). The predicted octanol–water partition coefficient (Wildman–Crippen LogP) is 3.12. The van der Waals surface area contributed by atoms with E-state index in [-0.39, 0.29) is 16.1 Å². The molecule has 0 atom stereocenters. The Morgan fingerprint density at radius 2 is 1.86 bits per heavy atom. The van der Waals surface area contributed by atoms with Gasteiger partial charge in [0.2, 0.25) is 0 Å². The van der Waals surface area contributed by atoms with E-state index in [0.717, 1.165) is 0 Å². The summed E-state index contributed by atoms with van der Waals surface area (Å²) in [6, 6.07) is 10.4. The number of anilines is 1. The van der Waals surface area contributed by atoms with Crippen LogP contribution in [-0.2, 0) is 10.0 Å². The molecule has 0 fully saturated rings. The van der Waals surface area contributed by atoms with Crippen LogP contribution in [0.2, 0.25) is 0 Å². The number of nitrogens with one attached hydrogen (secondary N) is 1. The fourth-order valence-electron chi connectivity index (χ4n) is 1.86. The van der Waals surface area contributed by atoms with Crippen molar-refractivity contribution in [1.29, 1.82) is 5.26 Å². The molecule has 21 heavy (non-hydrogen) atoms. The average Bonchev–Trinajstić information content (AvgIpc) is 2.42.